The van der Waals surface area contributed by atoms with Gasteiger partial charge in [-0.3, -0.25) is 4.79 Å². The first-order chi connectivity index (χ1) is 12.6. The molecule has 2 heterocycles. The fraction of sp³-hybridized carbons (Fsp3) is 0.278. The summed E-state index contributed by atoms with van der Waals surface area (Å²) in [5.74, 6) is -0.0259. The Labute approximate surface area is 154 Å². The standard InChI is InChI=1S/C18H15N5O2S/c1-12(24)17-9-16(18(26-17)23-4-6-25-7-5-23)22-21-15-3-2-13(10-19)8-14(15)11-20/h2-3,8-9H,4-7H2,1H3. The maximum absolute atomic E-state index is 11.8. The summed E-state index contributed by atoms with van der Waals surface area (Å²) < 4.78 is 5.38. The lowest BCUT2D eigenvalue weighted by Crippen LogP contribution is -2.35. The van der Waals surface area contributed by atoms with Crippen molar-refractivity contribution in [3.05, 3.63) is 40.3 Å². The van der Waals surface area contributed by atoms with Crippen molar-refractivity contribution in [1.29, 1.82) is 10.5 Å². The van der Waals surface area contributed by atoms with Crippen LogP contribution in [0.5, 0.6) is 0 Å². The highest BCUT2D eigenvalue weighted by atomic mass is 32.1. The second-order valence-corrected chi connectivity index (χ2v) is 6.64. The van der Waals surface area contributed by atoms with E-state index >= 15 is 0 Å². The first-order valence-corrected chi connectivity index (χ1v) is 8.77. The van der Waals surface area contributed by atoms with E-state index in [1.54, 1.807) is 18.2 Å². The third-order valence-corrected chi connectivity index (χ3v) is 5.14. The molecule has 1 fully saturated rings. The van der Waals surface area contributed by atoms with Gasteiger partial charge in [0.2, 0.25) is 0 Å². The molecule has 0 spiro atoms. The number of anilines is 1. The Morgan fingerprint density at radius 1 is 1.15 bits per heavy atom. The Hall–Kier alpha value is -3.07. The van der Waals surface area contributed by atoms with Crippen LogP contribution in [0.2, 0.25) is 0 Å². The quantitative estimate of drug-likeness (QED) is 0.603. The van der Waals surface area contributed by atoms with Crippen molar-refractivity contribution in [2.75, 3.05) is 31.2 Å². The topological polar surface area (TPSA) is 102 Å². The third kappa shape index (κ3) is 3.77. The first kappa shape index (κ1) is 17.7. The molecular formula is C18H15N5O2S. The summed E-state index contributed by atoms with van der Waals surface area (Å²) in [6, 6.07) is 10.4. The SMILES string of the molecule is CC(=O)c1cc(N=Nc2ccc(C#N)cc2C#N)c(N2CCOCC2)s1. The van der Waals surface area contributed by atoms with E-state index in [-0.39, 0.29) is 11.3 Å². The Bertz CT molecular complexity index is 945. The van der Waals surface area contributed by atoms with Crippen LogP contribution in [0.25, 0.3) is 0 Å². The van der Waals surface area contributed by atoms with Gasteiger partial charge in [-0.05, 0) is 31.2 Å². The van der Waals surface area contributed by atoms with Gasteiger partial charge in [-0.15, -0.1) is 21.6 Å². The van der Waals surface area contributed by atoms with E-state index in [2.05, 4.69) is 15.1 Å². The van der Waals surface area contributed by atoms with Gasteiger partial charge < -0.3 is 9.64 Å². The summed E-state index contributed by atoms with van der Waals surface area (Å²) in [6.45, 7) is 4.21. The number of carbonyl (C=O) groups is 1. The summed E-state index contributed by atoms with van der Waals surface area (Å²) in [5, 5.41) is 27.5. The van der Waals surface area contributed by atoms with Gasteiger partial charge in [0.15, 0.2) is 5.78 Å². The number of benzene rings is 1. The smallest absolute Gasteiger partial charge is 0.169 e. The van der Waals surface area contributed by atoms with Crippen LogP contribution in [-0.4, -0.2) is 32.1 Å². The highest BCUT2D eigenvalue weighted by Gasteiger charge is 2.20. The van der Waals surface area contributed by atoms with Crippen LogP contribution in [0, 0.1) is 22.7 Å². The van der Waals surface area contributed by atoms with Crippen molar-refractivity contribution in [2.24, 2.45) is 10.2 Å². The van der Waals surface area contributed by atoms with Crippen LogP contribution in [0.3, 0.4) is 0 Å². The molecule has 0 unspecified atom stereocenters. The highest BCUT2D eigenvalue weighted by Crippen LogP contribution is 2.39. The summed E-state index contributed by atoms with van der Waals surface area (Å²) >= 11 is 1.38. The maximum Gasteiger partial charge on any atom is 0.169 e. The van der Waals surface area contributed by atoms with Crippen LogP contribution in [0.15, 0.2) is 34.5 Å². The molecule has 1 aliphatic heterocycles. The number of ether oxygens (including phenoxy) is 1. The number of Topliss-reactive ketones (excluding diaryl/α,β-unsaturated/α-hetero) is 1. The van der Waals surface area contributed by atoms with Gasteiger partial charge >= 0.3 is 0 Å². The number of carbonyl (C=O) groups excluding carboxylic acids is 1. The van der Waals surface area contributed by atoms with E-state index in [1.165, 1.54) is 24.3 Å². The minimum atomic E-state index is -0.0259. The zero-order valence-electron chi connectivity index (χ0n) is 14.1. The molecule has 130 valence electrons. The second-order valence-electron chi connectivity index (χ2n) is 5.61. The molecule has 1 saturated heterocycles. The van der Waals surface area contributed by atoms with E-state index in [4.69, 9.17) is 10.00 Å². The molecule has 0 aliphatic carbocycles. The molecule has 1 aromatic heterocycles. The molecule has 8 heteroatoms. The van der Waals surface area contributed by atoms with E-state index in [1.807, 2.05) is 12.1 Å². The predicted molar refractivity (Wildman–Crippen MR) is 97.4 cm³/mol. The summed E-state index contributed by atoms with van der Waals surface area (Å²) in [7, 11) is 0. The molecule has 0 atom stereocenters. The maximum atomic E-state index is 11.8. The fourth-order valence-electron chi connectivity index (χ4n) is 2.50. The molecule has 7 nitrogen and oxygen atoms in total. The number of hydrogen-bond acceptors (Lipinski definition) is 8. The average molecular weight is 365 g/mol. The minimum Gasteiger partial charge on any atom is -0.378 e. The lowest BCUT2D eigenvalue weighted by atomic mass is 10.1. The van der Waals surface area contributed by atoms with Crippen molar-refractivity contribution in [3.63, 3.8) is 0 Å². The molecular weight excluding hydrogens is 350 g/mol. The number of rotatable bonds is 4. The van der Waals surface area contributed by atoms with Crippen LogP contribution in [0.4, 0.5) is 16.4 Å². The van der Waals surface area contributed by atoms with E-state index in [9.17, 15) is 10.1 Å². The van der Waals surface area contributed by atoms with Gasteiger partial charge in [0, 0.05) is 13.1 Å². The van der Waals surface area contributed by atoms with Gasteiger partial charge in [0.1, 0.15) is 22.4 Å². The number of nitrogens with zero attached hydrogens (tertiary/aromatic N) is 5. The third-order valence-electron chi connectivity index (χ3n) is 3.85. The molecule has 0 radical (unpaired) electrons. The molecule has 1 aromatic carbocycles. The molecule has 0 N–H and O–H groups in total. The van der Waals surface area contributed by atoms with E-state index < -0.39 is 0 Å². The first-order valence-electron chi connectivity index (χ1n) is 7.96. The Balaban J connectivity index is 1.96. The van der Waals surface area contributed by atoms with Crippen molar-refractivity contribution < 1.29 is 9.53 Å². The molecule has 2 aromatic rings. The van der Waals surface area contributed by atoms with Crippen LogP contribution < -0.4 is 4.90 Å². The molecule has 3 rings (SSSR count). The summed E-state index contributed by atoms with van der Waals surface area (Å²) in [5.41, 5.74) is 1.65. The van der Waals surface area contributed by atoms with Crippen molar-refractivity contribution >= 4 is 33.5 Å². The second kappa shape index (κ2) is 7.87. The zero-order valence-corrected chi connectivity index (χ0v) is 14.9. The fourth-order valence-corrected chi connectivity index (χ4v) is 3.54. The summed E-state index contributed by atoms with van der Waals surface area (Å²) in [6.07, 6.45) is 0. The van der Waals surface area contributed by atoms with Crippen molar-refractivity contribution in [1.82, 2.24) is 0 Å². The molecule has 1 aliphatic rings. The normalized spacial score (nSPS) is 14.2. The monoisotopic (exact) mass is 365 g/mol. The molecule has 0 bridgehead atoms. The Kier molecular flexibility index (Phi) is 5.37. The largest absolute Gasteiger partial charge is 0.378 e. The van der Waals surface area contributed by atoms with Crippen LogP contribution >= 0.6 is 11.3 Å². The zero-order chi connectivity index (χ0) is 18.5. The Morgan fingerprint density at radius 3 is 2.54 bits per heavy atom. The van der Waals surface area contributed by atoms with Gasteiger partial charge in [-0.25, -0.2) is 0 Å². The number of azo groups is 1. The van der Waals surface area contributed by atoms with Gasteiger partial charge in [-0.2, -0.15) is 10.5 Å². The number of nitriles is 2. The van der Waals surface area contributed by atoms with Crippen LogP contribution in [-0.2, 0) is 4.74 Å². The molecule has 0 saturated carbocycles. The van der Waals surface area contributed by atoms with E-state index in [0.717, 1.165) is 18.1 Å². The Morgan fingerprint density at radius 2 is 1.88 bits per heavy atom. The van der Waals surface area contributed by atoms with Crippen molar-refractivity contribution in [3.8, 4) is 12.1 Å². The summed E-state index contributed by atoms with van der Waals surface area (Å²) in [4.78, 5) is 14.5. The van der Waals surface area contributed by atoms with Gasteiger partial charge in [-0.1, -0.05) is 0 Å². The minimum absolute atomic E-state index is 0.0259. The highest BCUT2D eigenvalue weighted by molar-refractivity contribution is 7.18. The number of thiophene rings is 1. The molecule has 26 heavy (non-hydrogen) atoms. The lowest BCUT2D eigenvalue weighted by molar-refractivity contribution is 0.102. The van der Waals surface area contributed by atoms with Crippen LogP contribution in [0.1, 0.15) is 27.7 Å². The number of ketones is 1. The number of morpholine rings is 1. The van der Waals surface area contributed by atoms with Crippen molar-refractivity contribution in [2.45, 2.75) is 6.92 Å². The van der Waals surface area contributed by atoms with E-state index in [0.29, 0.717) is 35.0 Å². The molecule has 0 amide bonds. The average Bonchev–Trinajstić information content (AvgIpc) is 3.11. The van der Waals surface area contributed by atoms with Gasteiger partial charge in [0.05, 0.1) is 35.3 Å². The number of hydrogen-bond donors (Lipinski definition) is 0. The lowest BCUT2D eigenvalue weighted by Gasteiger charge is -2.27. The predicted octanol–water partition coefficient (Wildman–Crippen LogP) is 3.95. The van der Waals surface area contributed by atoms with Gasteiger partial charge in [0.25, 0.3) is 0 Å².